The molecule has 5 nitrogen and oxygen atoms in total. The van der Waals surface area contributed by atoms with Gasteiger partial charge in [0.1, 0.15) is 18.4 Å². The Hall–Kier alpha value is -1.71. The molecule has 0 amide bonds. The van der Waals surface area contributed by atoms with Gasteiger partial charge in [-0.3, -0.25) is 0 Å². The first-order valence-corrected chi connectivity index (χ1v) is 13.4. The standard InChI is InChI=1S/C26H29NO4S2.BrH/c28-25(29)26(23-9-4-17-32-23,24-10-5-18-33-24)31-22-19-27(14-11-20(22)12-15-27)13-6-16-30-21-7-2-1-3-8-21;/h1-5,7-10,17-18,20,22H,6,11-16,19H2;1H/t20?,22-,27?;/m0./s1. The molecule has 0 aliphatic carbocycles. The predicted molar refractivity (Wildman–Crippen MR) is 131 cm³/mol. The minimum atomic E-state index is -1.42. The molecule has 1 aromatic carbocycles. The van der Waals surface area contributed by atoms with Gasteiger partial charge in [-0.2, -0.15) is 0 Å². The van der Waals surface area contributed by atoms with Crippen LogP contribution in [-0.4, -0.2) is 54.4 Å². The molecule has 3 fully saturated rings. The maximum absolute atomic E-state index is 12.8. The molecule has 3 aliphatic heterocycles. The summed E-state index contributed by atoms with van der Waals surface area (Å²) >= 11 is 2.92. The number of piperidine rings is 3. The number of rotatable bonds is 10. The third kappa shape index (κ3) is 4.97. The number of nitrogens with zero attached hydrogens (tertiary/aromatic N) is 1. The lowest BCUT2D eigenvalue weighted by molar-refractivity contribution is -0.946. The van der Waals surface area contributed by atoms with Gasteiger partial charge in [-0.05, 0) is 35.0 Å². The van der Waals surface area contributed by atoms with Crippen LogP contribution in [0.25, 0.3) is 0 Å². The lowest BCUT2D eigenvalue weighted by atomic mass is 9.82. The molecular formula is C26H30BrNO4S2. The van der Waals surface area contributed by atoms with Gasteiger partial charge in [0, 0.05) is 25.2 Å². The zero-order valence-electron chi connectivity index (χ0n) is 19.0. The molecule has 5 heterocycles. The van der Waals surface area contributed by atoms with E-state index in [2.05, 4.69) is 0 Å². The van der Waals surface area contributed by atoms with E-state index in [1.165, 1.54) is 22.7 Å². The highest BCUT2D eigenvalue weighted by Crippen LogP contribution is 2.45. The van der Waals surface area contributed by atoms with Gasteiger partial charge in [0.25, 0.3) is 0 Å². The quantitative estimate of drug-likeness (QED) is 0.303. The molecule has 0 saturated carbocycles. The number of fused-ring (bicyclic) bond motifs is 3. The maximum Gasteiger partial charge on any atom is 0.347 e. The zero-order valence-corrected chi connectivity index (χ0v) is 22.2. The molecule has 0 spiro atoms. The SMILES string of the molecule is O=C(O)C(O[C@H]1C[N+]2(CCCOc3ccccc3)CCC1CC2)(c1cccs1)c1cccs1.[Br-]. The predicted octanol–water partition coefficient (Wildman–Crippen LogP) is 2.24. The van der Waals surface area contributed by atoms with E-state index >= 15 is 0 Å². The van der Waals surface area contributed by atoms with Crippen molar-refractivity contribution in [3.05, 3.63) is 75.1 Å². The molecule has 0 unspecified atom stereocenters. The van der Waals surface area contributed by atoms with E-state index in [0.717, 1.165) is 65.4 Å². The smallest absolute Gasteiger partial charge is 0.347 e. The van der Waals surface area contributed by atoms with Crippen molar-refractivity contribution in [2.24, 2.45) is 5.92 Å². The summed E-state index contributed by atoms with van der Waals surface area (Å²) in [5.74, 6) is 0.407. The van der Waals surface area contributed by atoms with Crippen molar-refractivity contribution in [2.45, 2.75) is 31.0 Å². The molecule has 3 aromatic rings. The van der Waals surface area contributed by atoms with Crippen LogP contribution < -0.4 is 21.7 Å². The highest BCUT2D eigenvalue weighted by molar-refractivity contribution is 7.12. The lowest BCUT2D eigenvalue weighted by Gasteiger charge is -2.53. The average molecular weight is 565 g/mol. The van der Waals surface area contributed by atoms with Crippen molar-refractivity contribution in [3.8, 4) is 5.75 Å². The number of benzene rings is 1. The molecular weight excluding hydrogens is 534 g/mol. The van der Waals surface area contributed by atoms with Crippen LogP contribution in [0.1, 0.15) is 29.0 Å². The fourth-order valence-electron chi connectivity index (χ4n) is 5.46. The molecule has 2 aromatic heterocycles. The molecule has 0 radical (unpaired) electrons. The minimum absolute atomic E-state index is 0. The van der Waals surface area contributed by atoms with Gasteiger partial charge in [-0.15, -0.1) is 22.7 Å². The van der Waals surface area contributed by atoms with E-state index in [9.17, 15) is 9.90 Å². The van der Waals surface area contributed by atoms with Crippen molar-refractivity contribution in [2.75, 3.05) is 32.8 Å². The Morgan fingerprint density at radius 1 is 1.00 bits per heavy atom. The second-order valence-corrected chi connectivity index (χ2v) is 11.0. The van der Waals surface area contributed by atoms with Gasteiger partial charge in [-0.25, -0.2) is 4.79 Å². The number of carboxylic acid groups (broad SMARTS) is 1. The Bertz CT molecular complexity index is 1000. The van der Waals surface area contributed by atoms with Crippen LogP contribution in [0.4, 0.5) is 0 Å². The van der Waals surface area contributed by atoms with Gasteiger partial charge < -0.3 is 36.0 Å². The summed E-state index contributed by atoms with van der Waals surface area (Å²) in [6.07, 6.45) is 3.10. The van der Waals surface area contributed by atoms with Crippen LogP contribution >= 0.6 is 22.7 Å². The lowest BCUT2D eigenvalue weighted by Crippen LogP contribution is -3.00. The number of hydrogen-bond donors (Lipinski definition) is 1. The molecule has 3 aliphatic rings. The van der Waals surface area contributed by atoms with Crippen LogP contribution in [0.2, 0.25) is 0 Å². The number of halogens is 1. The van der Waals surface area contributed by atoms with Crippen molar-refractivity contribution in [1.82, 2.24) is 0 Å². The highest BCUT2D eigenvalue weighted by Gasteiger charge is 2.53. The first-order chi connectivity index (χ1) is 16.1. The molecule has 6 rings (SSSR count). The van der Waals surface area contributed by atoms with E-state index < -0.39 is 11.6 Å². The van der Waals surface area contributed by atoms with Gasteiger partial charge in [0.05, 0.1) is 36.0 Å². The Morgan fingerprint density at radius 3 is 2.21 bits per heavy atom. The number of carboxylic acids is 1. The van der Waals surface area contributed by atoms with Crippen LogP contribution in [0.3, 0.4) is 0 Å². The molecule has 34 heavy (non-hydrogen) atoms. The Kier molecular flexibility index (Phi) is 8.15. The topological polar surface area (TPSA) is 55.8 Å². The van der Waals surface area contributed by atoms with E-state index in [0.29, 0.717) is 12.5 Å². The molecule has 2 bridgehead atoms. The largest absolute Gasteiger partial charge is 1.00 e. The average Bonchev–Trinajstić information content (AvgIpc) is 3.57. The van der Waals surface area contributed by atoms with E-state index in [1.54, 1.807) is 0 Å². The molecule has 1 atom stereocenters. The molecule has 3 saturated heterocycles. The summed E-state index contributed by atoms with van der Waals surface area (Å²) in [5.41, 5.74) is -1.42. The third-order valence-electron chi connectivity index (χ3n) is 7.20. The number of para-hydroxylation sites is 1. The minimum Gasteiger partial charge on any atom is -1.00 e. The second kappa shape index (κ2) is 10.9. The molecule has 182 valence electrons. The van der Waals surface area contributed by atoms with Crippen molar-refractivity contribution < 1.29 is 40.8 Å². The van der Waals surface area contributed by atoms with Crippen LogP contribution in [0, 0.1) is 5.92 Å². The number of quaternary nitrogens is 1. The van der Waals surface area contributed by atoms with E-state index in [4.69, 9.17) is 9.47 Å². The summed E-state index contributed by atoms with van der Waals surface area (Å²) in [6, 6.07) is 17.6. The molecule has 8 heteroatoms. The van der Waals surface area contributed by atoms with Crippen molar-refractivity contribution in [3.63, 3.8) is 0 Å². The molecule has 1 N–H and O–H groups in total. The summed E-state index contributed by atoms with van der Waals surface area (Å²) in [6.45, 7) is 4.91. The monoisotopic (exact) mass is 563 g/mol. The van der Waals surface area contributed by atoms with Crippen LogP contribution in [-0.2, 0) is 15.1 Å². The Morgan fingerprint density at radius 2 is 1.65 bits per heavy atom. The fourth-order valence-corrected chi connectivity index (χ4v) is 7.27. The number of thiophene rings is 2. The Labute approximate surface area is 219 Å². The van der Waals surface area contributed by atoms with Gasteiger partial charge in [0.2, 0.25) is 5.60 Å². The third-order valence-corrected chi connectivity index (χ3v) is 9.14. The fraction of sp³-hybridized carbons (Fsp3) is 0.423. The van der Waals surface area contributed by atoms with Crippen molar-refractivity contribution in [1.29, 1.82) is 0 Å². The number of aliphatic carboxylic acids is 1. The van der Waals surface area contributed by atoms with Crippen LogP contribution in [0.5, 0.6) is 5.75 Å². The summed E-state index contributed by atoms with van der Waals surface area (Å²) < 4.78 is 13.7. The second-order valence-electron chi connectivity index (χ2n) is 9.14. The van der Waals surface area contributed by atoms with E-state index in [1.807, 2.05) is 65.4 Å². The highest BCUT2D eigenvalue weighted by atomic mass is 79.9. The van der Waals surface area contributed by atoms with E-state index in [-0.39, 0.29) is 23.1 Å². The van der Waals surface area contributed by atoms with Gasteiger partial charge in [0.15, 0.2) is 0 Å². The maximum atomic E-state index is 12.8. The zero-order chi connectivity index (χ0) is 22.7. The number of ether oxygens (including phenoxy) is 2. The first-order valence-electron chi connectivity index (χ1n) is 11.6. The summed E-state index contributed by atoms with van der Waals surface area (Å²) in [7, 11) is 0. The number of carbonyl (C=O) groups is 1. The number of hydrogen-bond acceptors (Lipinski definition) is 5. The summed E-state index contributed by atoms with van der Waals surface area (Å²) in [4.78, 5) is 14.3. The normalized spacial score (nSPS) is 23.9. The van der Waals surface area contributed by atoms with Gasteiger partial charge >= 0.3 is 5.97 Å². The van der Waals surface area contributed by atoms with Crippen molar-refractivity contribution >= 4 is 28.6 Å². The van der Waals surface area contributed by atoms with Crippen LogP contribution in [0.15, 0.2) is 65.4 Å². The Balaban J connectivity index is 0.00000274. The summed E-state index contributed by atoms with van der Waals surface area (Å²) in [5, 5.41) is 14.3. The first kappa shape index (κ1) is 25.4. The van der Waals surface area contributed by atoms with Gasteiger partial charge in [-0.1, -0.05) is 30.3 Å².